The molecule has 3 nitrogen and oxygen atoms in total. The van der Waals surface area contributed by atoms with Gasteiger partial charge in [0.2, 0.25) is 0 Å². The monoisotopic (exact) mass is 120 g/mol. The van der Waals surface area contributed by atoms with Crippen LogP contribution in [0.1, 0.15) is 13.8 Å². The molecule has 50 valence electrons. The average molecular weight is 120 g/mol. The number of rotatable bonds is 4. The fourth-order valence-electron chi connectivity index (χ4n) is 0.203. The summed E-state index contributed by atoms with van der Waals surface area (Å²) in [5.74, 6) is 0. The van der Waals surface area contributed by atoms with E-state index >= 15 is 0 Å². The predicted octanol–water partition coefficient (Wildman–Crippen LogP) is 0.947. The van der Waals surface area contributed by atoms with E-state index in [0.717, 1.165) is 0 Å². The van der Waals surface area contributed by atoms with E-state index in [4.69, 9.17) is 4.74 Å². The second-order valence-electron chi connectivity index (χ2n) is 1.31. The Morgan fingerprint density at radius 3 is 2.50 bits per heavy atom. The van der Waals surface area contributed by atoms with Crippen LogP contribution in [0.3, 0.4) is 0 Å². The smallest absolute Gasteiger partial charge is 0.188 e. The average Bonchev–Trinajstić information content (AvgIpc) is 1.83. The highest BCUT2D eigenvalue weighted by atomic mass is 17.2. The lowest BCUT2D eigenvalue weighted by molar-refractivity contribution is -0.366. The van der Waals surface area contributed by atoms with E-state index in [1.54, 1.807) is 14.0 Å². The van der Waals surface area contributed by atoms with Crippen LogP contribution in [0.5, 0.6) is 0 Å². The SMILES string of the molecule is CCOOC(C)OC. The van der Waals surface area contributed by atoms with E-state index in [-0.39, 0.29) is 6.29 Å². The van der Waals surface area contributed by atoms with Crippen LogP contribution in [0.25, 0.3) is 0 Å². The molecule has 0 aliphatic heterocycles. The Bertz CT molecular complexity index is 46.9. The first kappa shape index (κ1) is 7.88. The van der Waals surface area contributed by atoms with E-state index in [1.807, 2.05) is 6.92 Å². The summed E-state index contributed by atoms with van der Waals surface area (Å²) in [5.41, 5.74) is 0. The Hall–Kier alpha value is -0.120. The van der Waals surface area contributed by atoms with E-state index in [0.29, 0.717) is 6.61 Å². The highest BCUT2D eigenvalue weighted by molar-refractivity contribution is 4.16. The molecule has 0 heterocycles. The molecule has 0 bridgehead atoms. The van der Waals surface area contributed by atoms with Gasteiger partial charge in [0, 0.05) is 7.11 Å². The molecule has 1 unspecified atom stereocenters. The normalized spacial score (nSPS) is 13.9. The molecular formula is C5H12O3. The van der Waals surface area contributed by atoms with Crippen LogP contribution in [-0.2, 0) is 14.5 Å². The molecule has 0 aliphatic rings. The molecule has 0 saturated carbocycles. The first-order valence-electron chi connectivity index (χ1n) is 2.62. The second-order valence-corrected chi connectivity index (χ2v) is 1.31. The van der Waals surface area contributed by atoms with Gasteiger partial charge >= 0.3 is 0 Å². The number of ether oxygens (including phenoxy) is 1. The first-order chi connectivity index (χ1) is 3.81. The van der Waals surface area contributed by atoms with Crippen molar-refractivity contribution in [2.75, 3.05) is 13.7 Å². The second kappa shape index (κ2) is 5.03. The van der Waals surface area contributed by atoms with Gasteiger partial charge in [-0.15, -0.1) is 0 Å². The van der Waals surface area contributed by atoms with Crippen LogP contribution in [0.4, 0.5) is 0 Å². The summed E-state index contributed by atoms with van der Waals surface area (Å²) >= 11 is 0. The summed E-state index contributed by atoms with van der Waals surface area (Å²) < 4.78 is 4.70. The zero-order chi connectivity index (χ0) is 6.41. The summed E-state index contributed by atoms with van der Waals surface area (Å²) in [4.78, 5) is 9.18. The van der Waals surface area contributed by atoms with Gasteiger partial charge in [0.05, 0.1) is 6.61 Å². The minimum Gasteiger partial charge on any atom is -0.353 e. The first-order valence-corrected chi connectivity index (χ1v) is 2.62. The topological polar surface area (TPSA) is 27.7 Å². The maximum Gasteiger partial charge on any atom is 0.188 e. The molecule has 0 N–H and O–H groups in total. The van der Waals surface area contributed by atoms with Gasteiger partial charge in [-0.1, -0.05) is 0 Å². The van der Waals surface area contributed by atoms with Crippen molar-refractivity contribution in [1.82, 2.24) is 0 Å². The molecule has 0 fully saturated rings. The van der Waals surface area contributed by atoms with Crippen molar-refractivity contribution in [3.05, 3.63) is 0 Å². The van der Waals surface area contributed by atoms with Crippen molar-refractivity contribution in [2.45, 2.75) is 20.1 Å². The van der Waals surface area contributed by atoms with Gasteiger partial charge in [-0.2, -0.15) is 0 Å². The third-order valence-corrected chi connectivity index (χ3v) is 0.653. The Morgan fingerprint density at radius 1 is 1.50 bits per heavy atom. The third-order valence-electron chi connectivity index (χ3n) is 0.653. The van der Waals surface area contributed by atoms with Gasteiger partial charge < -0.3 is 4.74 Å². The van der Waals surface area contributed by atoms with E-state index < -0.39 is 0 Å². The molecule has 0 aliphatic carbocycles. The van der Waals surface area contributed by atoms with Crippen molar-refractivity contribution in [3.8, 4) is 0 Å². The minimum atomic E-state index is -0.269. The summed E-state index contributed by atoms with van der Waals surface area (Å²) in [6, 6.07) is 0. The zero-order valence-corrected chi connectivity index (χ0v) is 5.51. The van der Waals surface area contributed by atoms with Crippen LogP contribution in [0.15, 0.2) is 0 Å². The van der Waals surface area contributed by atoms with Crippen LogP contribution in [0.2, 0.25) is 0 Å². The summed E-state index contributed by atoms with van der Waals surface area (Å²) in [6.07, 6.45) is -0.269. The Labute approximate surface area is 49.5 Å². The van der Waals surface area contributed by atoms with Crippen LogP contribution in [0, 0.1) is 0 Å². The van der Waals surface area contributed by atoms with Gasteiger partial charge in [0.15, 0.2) is 6.29 Å². The lowest BCUT2D eigenvalue weighted by Gasteiger charge is -2.06. The van der Waals surface area contributed by atoms with Crippen molar-refractivity contribution in [3.63, 3.8) is 0 Å². The minimum absolute atomic E-state index is 0.269. The maximum absolute atomic E-state index is 4.70. The fraction of sp³-hybridized carbons (Fsp3) is 1.00. The van der Waals surface area contributed by atoms with Crippen molar-refractivity contribution < 1.29 is 14.5 Å². The van der Waals surface area contributed by atoms with Crippen molar-refractivity contribution >= 4 is 0 Å². The molecule has 0 rings (SSSR count). The molecule has 1 atom stereocenters. The van der Waals surface area contributed by atoms with Crippen molar-refractivity contribution in [2.24, 2.45) is 0 Å². The molecule has 8 heavy (non-hydrogen) atoms. The summed E-state index contributed by atoms with van der Waals surface area (Å²) in [7, 11) is 1.56. The quantitative estimate of drug-likeness (QED) is 0.314. The predicted molar refractivity (Wildman–Crippen MR) is 29.2 cm³/mol. The molecule has 0 spiro atoms. The Balaban J connectivity index is 2.86. The molecule has 0 radical (unpaired) electrons. The number of methoxy groups -OCH3 is 1. The van der Waals surface area contributed by atoms with Gasteiger partial charge in [0.25, 0.3) is 0 Å². The fourth-order valence-corrected chi connectivity index (χ4v) is 0.203. The van der Waals surface area contributed by atoms with Gasteiger partial charge in [-0.3, -0.25) is 0 Å². The van der Waals surface area contributed by atoms with Gasteiger partial charge in [-0.25, -0.2) is 9.78 Å². The molecular weight excluding hydrogens is 108 g/mol. The zero-order valence-electron chi connectivity index (χ0n) is 5.51. The Morgan fingerprint density at radius 2 is 2.12 bits per heavy atom. The molecule has 0 aromatic rings. The van der Waals surface area contributed by atoms with Crippen molar-refractivity contribution in [1.29, 1.82) is 0 Å². The van der Waals surface area contributed by atoms with Crippen LogP contribution < -0.4 is 0 Å². The van der Waals surface area contributed by atoms with Gasteiger partial charge in [-0.05, 0) is 13.8 Å². The summed E-state index contributed by atoms with van der Waals surface area (Å²) in [5, 5.41) is 0. The number of hydrogen-bond donors (Lipinski definition) is 0. The van der Waals surface area contributed by atoms with E-state index in [9.17, 15) is 0 Å². The molecule has 0 amide bonds. The molecule has 3 heteroatoms. The van der Waals surface area contributed by atoms with E-state index in [1.165, 1.54) is 0 Å². The highest BCUT2D eigenvalue weighted by Gasteiger charge is 1.95. The Kier molecular flexibility index (Phi) is 4.95. The molecule has 0 aromatic heterocycles. The molecule has 0 aromatic carbocycles. The lowest BCUT2D eigenvalue weighted by Crippen LogP contribution is -2.10. The van der Waals surface area contributed by atoms with Crippen LogP contribution >= 0.6 is 0 Å². The third kappa shape index (κ3) is 4.05. The highest BCUT2D eigenvalue weighted by Crippen LogP contribution is 1.89. The van der Waals surface area contributed by atoms with Gasteiger partial charge in [0.1, 0.15) is 0 Å². The maximum atomic E-state index is 4.70. The lowest BCUT2D eigenvalue weighted by atomic mass is 10.8. The standard InChI is InChI=1S/C5H12O3/c1-4-7-8-5(2)6-3/h5H,4H2,1-3H3. The largest absolute Gasteiger partial charge is 0.353 e. The van der Waals surface area contributed by atoms with E-state index in [2.05, 4.69) is 9.78 Å². The van der Waals surface area contributed by atoms with Crippen LogP contribution in [-0.4, -0.2) is 20.0 Å². The molecule has 0 saturated heterocycles. The summed E-state index contributed by atoms with van der Waals surface area (Å²) in [6.45, 7) is 4.16. The number of hydrogen-bond acceptors (Lipinski definition) is 3.